The number of halogens is 1. The number of rotatable bonds is 2. The number of aliphatic hydroxyl groups excluding tert-OH is 1. The van der Waals surface area contributed by atoms with E-state index in [1.54, 1.807) is 38.7 Å². The van der Waals surface area contributed by atoms with Crippen LogP contribution in [-0.4, -0.2) is 5.11 Å². The van der Waals surface area contributed by atoms with Crippen LogP contribution in [0.4, 0.5) is 4.39 Å². The van der Waals surface area contributed by atoms with Gasteiger partial charge >= 0.3 is 0 Å². The number of allylic oxidation sites excluding steroid dienone is 3. The summed E-state index contributed by atoms with van der Waals surface area (Å²) in [5, 5.41) is 7.33. The molecule has 0 spiro atoms. The summed E-state index contributed by atoms with van der Waals surface area (Å²) in [5.74, 6) is 3.87. The highest BCUT2D eigenvalue weighted by Crippen LogP contribution is 2.40. The van der Waals surface area contributed by atoms with Crippen molar-refractivity contribution >= 4 is 0 Å². The fraction of sp³-hybridized carbons (Fsp3) is 0.739. The van der Waals surface area contributed by atoms with E-state index >= 15 is 0 Å². The molecule has 0 aromatic carbocycles. The molecule has 1 N–H and O–H groups in total. The first-order chi connectivity index (χ1) is 11.9. The van der Waals surface area contributed by atoms with E-state index in [9.17, 15) is 4.39 Å². The summed E-state index contributed by atoms with van der Waals surface area (Å²) in [4.78, 5) is 0. The molecule has 2 rings (SSSR count). The second kappa shape index (κ2) is 17.8. The lowest BCUT2D eigenvalue weighted by atomic mass is 9.70. The van der Waals surface area contributed by atoms with Crippen LogP contribution in [-0.2, 0) is 0 Å². The van der Waals surface area contributed by atoms with Crippen molar-refractivity contribution in [2.24, 2.45) is 23.7 Å². The molecule has 0 atom stereocenters. The lowest BCUT2D eigenvalue weighted by Gasteiger charge is -2.36. The molecule has 148 valence electrons. The van der Waals surface area contributed by atoms with Gasteiger partial charge in [-0.3, -0.25) is 0 Å². The van der Waals surface area contributed by atoms with E-state index in [-0.39, 0.29) is 0 Å². The first-order valence-corrected chi connectivity index (χ1v) is 10.2. The molecule has 0 unspecified atom stereocenters. The smallest absolute Gasteiger partial charge is 0.115 e. The Labute approximate surface area is 157 Å². The van der Waals surface area contributed by atoms with E-state index < -0.39 is 5.83 Å². The first kappa shape index (κ1) is 26.2. The third kappa shape index (κ3) is 15.0. The first-order valence-electron chi connectivity index (χ1n) is 10.2. The molecular weight excluding hydrogens is 311 g/mol. The molecule has 0 radical (unpaired) electrons. The number of aliphatic hydroxyl groups is 1. The van der Waals surface area contributed by atoms with E-state index in [1.165, 1.54) is 31.8 Å². The highest BCUT2D eigenvalue weighted by Gasteiger charge is 2.28. The molecule has 2 saturated carbocycles. The van der Waals surface area contributed by atoms with E-state index in [4.69, 9.17) is 5.11 Å². The minimum absolute atomic E-state index is 0.391. The third-order valence-electron chi connectivity index (χ3n) is 5.14. The molecule has 0 aromatic heterocycles. The summed E-state index contributed by atoms with van der Waals surface area (Å²) >= 11 is 0. The molecule has 1 nitrogen and oxygen atoms in total. The molecule has 0 heterocycles. The Bertz CT molecular complexity index is 312. The average molecular weight is 355 g/mol. The summed E-state index contributed by atoms with van der Waals surface area (Å²) in [6.45, 7) is 16.5. The lowest BCUT2D eigenvalue weighted by molar-refractivity contribution is 0.155. The van der Waals surface area contributed by atoms with Crippen molar-refractivity contribution < 1.29 is 9.50 Å². The van der Waals surface area contributed by atoms with Gasteiger partial charge in [-0.25, -0.2) is 4.39 Å². The monoisotopic (exact) mass is 354 g/mol. The molecule has 0 amide bonds. The van der Waals surface area contributed by atoms with Gasteiger partial charge in [0.15, 0.2) is 0 Å². The zero-order valence-corrected chi connectivity index (χ0v) is 17.4. The van der Waals surface area contributed by atoms with Gasteiger partial charge in [0, 0.05) is 0 Å². The van der Waals surface area contributed by atoms with Crippen LogP contribution >= 0.6 is 0 Å². The average Bonchev–Trinajstić information content (AvgIpc) is 2.59. The minimum atomic E-state index is -0.391. The van der Waals surface area contributed by atoms with Crippen LogP contribution in [0.15, 0.2) is 37.4 Å². The van der Waals surface area contributed by atoms with Gasteiger partial charge in [-0.1, -0.05) is 72.6 Å². The Kier molecular flexibility index (Phi) is 18.6. The Morgan fingerprint density at radius 3 is 1.32 bits per heavy atom. The Balaban J connectivity index is 0. The van der Waals surface area contributed by atoms with Crippen molar-refractivity contribution in [2.75, 3.05) is 0 Å². The van der Waals surface area contributed by atoms with Gasteiger partial charge in [0.1, 0.15) is 5.83 Å². The fourth-order valence-electron chi connectivity index (χ4n) is 3.70. The van der Waals surface area contributed by atoms with Crippen LogP contribution in [0.1, 0.15) is 86.0 Å². The molecule has 25 heavy (non-hydrogen) atoms. The maximum absolute atomic E-state index is 11.4. The molecule has 0 saturated heterocycles. The van der Waals surface area contributed by atoms with E-state index in [1.807, 2.05) is 13.8 Å². The maximum atomic E-state index is 11.4. The van der Waals surface area contributed by atoms with Gasteiger partial charge < -0.3 is 5.11 Å². The van der Waals surface area contributed by atoms with E-state index in [0.29, 0.717) is 0 Å². The van der Waals surface area contributed by atoms with Gasteiger partial charge in [-0.05, 0) is 62.4 Å². The largest absolute Gasteiger partial charge is 0.516 e. The Morgan fingerprint density at radius 2 is 1.16 bits per heavy atom. The summed E-state index contributed by atoms with van der Waals surface area (Å²) in [7, 11) is 0. The zero-order valence-electron chi connectivity index (χ0n) is 17.4. The zero-order chi connectivity index (χ0) is 19.7. The Hall–Kier alpha value is -1.05. The summed E-state index contributed by atoms with van der Waals surface area (Å²) in [5.41, 5.74) is 0. The van der Waals surface area contributed by atoms with Crippen molar-refractivity contribution in [2.45, 2.75) is 86.0 Å². The van der Waals surface area contributed by atoms with Gasteiger partial charge in [-0.2, -0.15) is 0 Å². The summed E-state index contributed by atoms with van der Waals surface area (Å²) < 4.78 is 11.4. The SMILES string of the molecule is C=C(F)/C=C\C.C=CO.CC.CC1CCC(C2CCC(C)CC2)CC1. The second-order valence-electron chi connectivity index (χ2n) is 7.17. The standard InChI is InChI=1S/C14H26.C5H7F.C2H4O.C2H6/c1-11-3-7-13(8-4-11)14-9-5-12(2)6-10-14;1-3-4-5(2)6;1-2-3;1-2/h11-14H,3-10H2,1-2H3;3-4H,2H2,1H3;2-3H,1H2;1-2H3/b;4-3-;;. The van der Waals surface area contributed by atoms with Gasteiger partial charge in [0.25, 0.3) is 0 Å². The topological polar surface area (TPSA) is 20.2 Å². The molecule has 0 aromatic rings. The van der Waals surface area contributed by atoms with Gasteiger partial charge in [-0.15, -0.1) is 0 Å². The predicted octanol–water partition coefficient (Wildman–Crippen LogP) is 8.40. The van der Waals surface area contributed by atoms with Gasteiger partial charge in [0.05, 0.1) is 6.26 Å². The quantitative estimate of drug-likeness (QED) is 0.390. The van der Waals surface area contributed by atoms with Crippen LogP contribution in [0.5, 0.6) is 0 Å². The molecule has 2 heteroatoms. The third-order valence-corrected chi connectivity index (χ3v) is 5.14. The molecule has 0 aliphatic heterocycles. The molecule has 2 aliphatic rings. The normalized spacial score (nSPS) is 28.2. The molecule has 0 bridgehead atoms. The molecule has 2 fully saturated rings. The second-order valence-corrected chi connectivity index (χ2v) is 7.17. The van der Waals surface area contributed by atoms with E-state index in [2.05, 4.69) is 27.0 Å². The number of hydrogen-bond donors (Lipinski definition) is 1. The highest BCUT2D eigenvalue weighted by molar-refractivity contribution is 5.03. The van der Waals surface area contributed by atoms with Crippen molar-refractivity contribution in [1.29, 1.82) is 0 Å². The summed E-state index contributed by atoms with van der Waals surface area (Å²) in [6.07, 6.45) is 15.9. The van der Waals surface area contributed by atoms with Crippen molar-refractivity contribution in [3.05, 3.63) is 37.4 Å². The van der Waals surface area contributed by atoms with Crippen molar-refractivity contribution in [3.63, 3.8) is 0 Å². The predicted molar refractivity (Wildman–Crippen MR) is 111 cm³/mol. The fourth-order valence-corrected chi connectivity index (χ4v) is 3.70. The van der Waals surface area contributed by atoms with E-state index in [0.717, 1.165) is 29.9 Å². The summed E-state index contributed by atoms with van der Waals surface area (Å²) in [6, 6.07) is 0. The van der Waals surface area contributed by atoms with Crippen LogP contribution in [0.25, 0.3) is 0 Å². The lowest BCUT2D eigenvalue weighted by Crippen LogP contribution is -2.24. The highest BCUT2D eigenvalue weighted by atomic mass is 19.1. The minimum Gasteiger partial charge on any atom is -0.516 e. The van der Waals surface area contributed by atoms with Crippen LogP contribution < -0.4 is 0 Å². The Morgan fingerprint density at radius 1 is 0.880 bits per heavy atom. The van der Waals surface area contributed by atoms with Crippen molar-refractivity contribution in [1.82, 2.24) is 0 Å². The van der Waals surface area contributed by atoms with Crippen molar-refractivity contribution in [3.8, 4) is 0 Å². The van der Waals surface area contributed by atoms with Crippen LogP contribution in [0.2, 0.25) is 0 Å². The molecular formula is C23H43FO. The van der Waals surface area contributed by atoms with Gasteiger partial charge in [0.2, 0.25) is 0 Å². The van der Waals surface area contributed by atoms with Crippen LogP contribution in [0.3, 0.4) is 0 Å². The maximum Gasteiger partial charge on any atom is 0.115 e. The number of hydrogen-bond acceptors (Lipinski definition) is 1. The molecule has 2 aliphatic carbocycles. The van der Waals surface area contributed by atoms with Crippen LogP contribution in [0, 0.1) is 23.7 Å².